The molecule has 0 bridgehead atoms. The quantitative estimate of drug-likeness (QED) is 0.390. The highest BCUT2D eigenvalue weighted by Gasteiger charge is 2.57. The van der Waals surface area contributed by atoms with Gasteiger partial charge in [-0.2, -0.15) is 13.2 Å². The molecule has 4 heterocycles. The lowest BCUT2D eigenvalue weighted by Crippen LogP contribution is -3.00. The lowest BCUT2D eigenvalue weighted by Gasteiger charge is -2.43. The Morgan fingerprint density at radius 1 is 1.05 bits per heavy atom. The van der Waals surface area contributed by atoms with Crippen molar-refractivity contribution in [2.45, 2.75) is 49.4 Å². The van der Waals surface area contributed by atoms with Gasteiger partial charge in [-0.1, -0.05) is 36.4 Å². The van der Waals surface area contributed by atoms with Gasteiger partial charge in [0.1, 0.15) is 17.9 Å². The van der Waals surface area contributed by atoms with E-state index in [0.717, 1.165) is 47.8 Å². The number of alkyl halides is 3. The highest BCUT2D eigenvalue weighted by atomic mass is 35.5. The van der Waals surface area contributed by atoms with Crippen LogP contribution in [0.1, 0.15) is 41.9 Å². The molecule has 4 aliphatic rings. The molecule has 38 heavy (non-hydrogen) atoms. The monoisotopic (exact) mass is 573 g/mol. The molecule has 0 unspecified atom stereocenters. The molecule has 4 aliphatic heterocycles. The number of fused-ring (bicyclic) bond motifs is 4. The fraction of sp³-hybridized carbons (Fsp3) is 0.519. The topological polar surface area (TPSA) is 72.0 Å². The van der Waals surface area contributed by atoms with Crippen LogP contribution in [0.15, 0.2) is 42.5 Å². The second-order valence-electron chi connectivity index (χ2n) is 10.6. The SMILES string of the molecule is O=C([C@@H]1C[NH2+]C[C@]12C[NH2+]Cc1c2ccc2c1OCO2)N1CC[C@@H](c2ccccc2)C[C@H]1CC(F)(F)F.[Cl-].[Cl-]. The molecule has 2 aromatic carbocycles. The normalized spacial score (nSPS) is 27.9. The number of nitrogens with zero attached hydrogens (tertiary/aromatic N) is 1. The molecule has 6 rings (SSSR count). The van der Waals surface area contributed by atoms with Crippen molar-refractivity contribution in [3.63, 3.8) is 0 Å². The molecule has 6 nitrogen and oxygen atoms in total. The summed E-state index contributed by atoms with van der Waals surface area (Å²) in [4.78, 5) is 15.7. The summed E-state index contributed by atoms with van der Waals surface area (Å²) in [7, 11) is 0. The van der Waals surface area contributed by atoms with Gasteiger partial charge in [0.2, 0.25) is 12.7 Å². The Morgan fingerprint density at radius 2 is 1.82 bits per heavy atom. The van der Waals surface area contributed by atoms with E-state index >= 15 is 0 Å². The van der Waals surface area contributed by atoms with E-state index < -0.39 is 24.1 Å². The highest BCUT2D eigenvalue weighted by molar-refractivity contribution is 5.82. The minimum absolute atomic E-state index is 0. The summed E-state index contributed by atoms with van der Waals surface area (Å²) in [5, 5.41) is 4.34. The number of nitrogens with two attached hydrogens (primary N) is 2. The Kier molecular flexibility index (Phi) is 8.43. The second kappa shape index (κ2) is 11.1. The van der Waals surface area contributed by atoms with Crippen molar-refractivity contribution in [3.8, 4) is 11.5 Å². The number of carbonyl (C=O) groups is 1. The molecule has 2 fully saturated rings. The van der Waals surface area contributed by atoms with Gasteiger partial charge in [0.15, 0.2) is 11.5 Å². The van der Waals surface area contributed by atoms with Crippen molar-refractivity contribution in [1.29, 1.82) is 0 Å². The molecule has 4 N–H and O–H groups in total. The molecule has 208 valence electrons. The van der Waals surface area contributed by atoms with Gasteiger partial charge in [0.25, 0.3) is 0 Å². The van der Waals surface area contributed by atoms with E-state index in [1.54, 1.807) is 4.90 Å². The van der Waals surface area contributed by atoms with E-state index in [1.165, 1.54) is 0 Å². The Balaban J connectivity index is 0.00000168. The van der Waals surface area contributed by atoms with Crippen molar-refractivity contribution in [2.24, 2.45) is 5.92 Å². The van der Waals surface area contributed by atoms with Crippen LogP contribution in [0.25, 0.3) is 0 Å². The fourth-order valence-corrected chi connectivity index (χ4v) is 7.05. The first-order chi connectivity index (χ1) is 17.4. The third-order valence-corrected chi connectivity index (χ3v) is 8.65. The average Bonchev–Trinajstić information content (AvgIpc) is 3.51. The number of hydrogen-bond donors (Lipinski definition) is 2. The molecule has 0 aromatic heterocycles. The van der Waals surface area contributed by atoms with Gasteiger partial charge in [0, 0.05) is 12.6 Å². The number of likely N-dealkylation sites (tertiary alicyclic amines) is 1. The number of halogens is 5. The molecule has 11 heteroatoms. The summed E-state index contributed by atoms with van der Waals surface area (Å²) < 4.78 is 52.4. The lowest BCUT2D eigenvalue weighted by atomic mass is 9.68. The Hall–Kier alpha value is -2.20. The molecule has 2 aromatic rings. The van der Waals surface area contributed by atoms with E-state index in [-0.39, 0.29) is 49.4 Å². The molecule has 0 radical (unpaired) electrons. The van der Waals surface area contributed by atoms with Gasteiger partial charge >= 0.3 is 6.18 Å². The molecule has 4 atom stereocenters. The van der Waals surface area contributed by atoms with E-state index in [2.05, 4.69) is 10.6 Å². The van der Waals surface area contributed by atoms with Gasteiger partial charge in [-0.05, 0) is 36.0 Å². The van der Waals surface area contributed by atoms with Crippen LogP contribution in [0, 0.1) is 5.92 Å². The summed E-state index contributed by atoms with van der Waals surface area (Å²) in [5.41, 5.74) is 2.76. The molecular weight excluding hydrogens is 542 g/mol. The Bertz CT molecular complexity index is 1150. The average molecular weight is 574 g/mol. The van der Waals surface area contributed by atoms with E-state index in [9.17, 15) is 18.0 Å². The Morgan fingerprint density at radius 3 is 2.58 bits per heavy atom. The van der Waals surface area contributed by atoms with Crippen molar-refractivity contribution >= 4 is 5.91 Å². The summed E-state index contributed by atoms with van der Waals surface area (Å²) in [6, 6.07) is 12.8. The summed E-state index contributed by atoms with van der Waals surface area (Å²) in [6.07, 6.45) is -4.29. The maximum Gasteiger partial charge on any atom is 0.391 e. The van der Waals surface area contributed by atoms with Crippen molar-refractivity contribution < 1.29 is 62.9 Å². The van der Waals surface area contributed by atoms with Crippen LogP contribution < -0.4 is 44.9 Å². The first-order valence-electron chi connectivity index (χ1n) is 12.8. The largest absolute Gasteiger partial charge is 1.00 e. The Labute approximate surface area is 232 Å². The van der Waals surface area contributed by atoms with E-state index in [0.29, 0.717) is 25.9 Å². The van der Waals surface area contributed by atoms with Crippen molar-refractivity contribution in [3.05, 3.63) is 59.2 Å². The summed E-state index contributed by atoms with van der Waals surface area (Å²) in [6.45, 7) is 3.32. The number of piperidine rings is 1. The standard InChI is InChI=1S/C27H30F3N3O3.2ClH/c28-27(29,30)11-19-10-18(17-4-2-1-3-5-17)8-9-33(19)25(34)22-13-32-15-26(22)14-31-12-20-21(26)6-7-23-24(20)36-16-35-23;;/h1-7,18-19,22,31-32H,8-16H2;2*1H/t18-,19+,22+,26+;;/m1../s1. The fourth-order valence-electron chi connectivity index (χ4n) is 7.05. The summed E-state index contributed by atoms with van der Waals surface area (Å²) in [5.74, 6) is 0.979. The molecule has 1 spiro atoms. The van der Waals surface area contributed by atoms with Gasteiger partial charge in [-0.15, -0.1) is 0 Å². The summed E-state index contributed by atoms with van der Waals surface area (Å²) >= 11 is 0. The number of benzene rings is 2. The van der Waals surface area contributed by atoms with Gasteiger partial charge in [-0.25, -0.2) is 0 Å². The number of quaternary nitrogens is 2. The zero-order valence-corrected chi connectivity index (χ0v) is 22.4. The van der Waals surface area contributed by atoms with Crippen LogP contribution in [-0.4, -0.2) is 56.0 Å². The zero-order valence-electron chi connectivity index (χ0n) is 20.9. The van der Waals surface area contributed by atoms with Gasteiger partial charge in [0.05, 0.1) is 31.6 Å². The molecule has 1 amide bonds. The number of hydrogen-bond acceptors (Lipinski definition) is 3. The van der Waals surface area contributed by atoms with Crippen LogP contribution >= 0.6 is 0 Å². The third-order valence-electron chi connectivity index (χ3n) is 8.65. The predicted molar refractivity (Wildman–Crippen MR) is 124 cm³/mol. The van der Waals surface area contributed by atoms with E-state index in [4.69, 9.17) is 9.47 Å². The zero-order chi connectivity index (χ0) is 24.9. The maximum absolute atomic E-state index is 14.1. The predicted octanol–water partition coefficient (Wildman–Crippen LogP) is -4.34. The number of amides is 1. The van der Waals surface area contributed by atoms with Crippen LogP contribution in [0.3, 0.4) is 0 Å². The maximum atomic E-state index is 14.1. The van der Waals surface area contributed by atoms with Gasteiger partial charge in [-0.3, -0.25) is 4.79 Å². The lowest BCUT2D eigenvalue weighted by molar-refractivity contribution is -0.691. The van der Waals surface area contributed by atoms with Crippen LogP contribution in [0.5, 0.6) is 11.5 Å². The minimum atomic E-state index is -4.33. The molecular formula is C27H32Cl2F3N3O3. The second-order valence-corrected chi connectivity index (χ2v) is 10.6. The molecule has 0 saturated carbocycles. The van der Waals surface area contributed by atoms with Crippen molar-refractivity contribution in [1.82, 2.24) is 4.90 Å². The highest BCUT2D eigenvalue weighted by Crippen LogP contribution is 2.46. The number of ether oxygens (including phenoxy) is 2. The van der Waals surface area contributed by atoms with Crippen molar-refractivity contribution in [2.75, 3.05) is 33.0 Å². The van der Waals surface area contributed by atoms with Crippen LogP contribution in [0.4, 0.5) is 13.2 Å². The number of rotatable bonds is 3. The number of carbonyl (C=O) groups excluding carboxylic acids is 1. The van der Waals surface area contributed by atoms with Gasteiger partial charge < -0.3 is 49.8 Å². The van der Waals surface area contributed by atoms with E-state index in [1.807, 2.05) is 42.5 Å². The first-order valence-corrected chi connectivity index (χ1v) is 12.8. The smallest absolute Gasteiger partial charge is 0.391 e. The van der Waals surface area contributed by atoms with Crippen LogP contribution in [0.2, 0.25) is 0 Å². The minimum Gasteiger partial charge on any atom is -1.00 e. The van der Waals surface area contributed by atoms with Crippen LogP contribution in [-0.2, 0) is 16.8 Å². The molecule has 2 saturated heterocycles. The molecule has 0 aliphatic carbocycles. The third kappa shape index (κ3) is 5.06. The first kappa shape index (κ1) is 28.8.